The number of carboxylic acid groups (broad SMARTS) is 1. The van der Waals surface area contributed by atoms with Crippen LogP contribution in [0.15, 0.2) is 102 Å². The highest BCUT2D eigenvalue weighted by Gasteiger charge is 2.56. The Labute approximate surface area is 742 Å². The highest BCUT2D eigenvalue weighted by molar-refractivity contribution is 7.89. The van der Waals surface area contributed by atoms with Crippen LogP contribution in [0.5, 0.6) is 46.0 Å². The zero-order valence-electron chi connectivity index (χ0n) is 70.7. The number of unbranched alkanes of at least 4 members (excludes halogenated alkanes) is 6. The summed E-state index contributed by atoms with van der Waals surface area (Å²) >= 11 is 14.4. The molecule has 8 aliphatic heterocycles. The maximum atomic E-state index is 16.5. The van der Waals surface area contributed by atoms with E-state index in [1.54, 1.807) is 32.9 Å². The van der Waals surface area contributed by atoms with Crippen molar-refractivity contribution >= 4 is 86.4 Å². The van der Waals surface area contributed by atoms with E-state index in [1.165, 1.54) is 24.3 Å². The molecule has 18 atom stereocenters. The number of ether oxygens (including phenoxy) is 7. The molecule has 8 heterocycles. The van der Waals surface area contributed by atoms with Gasteiger partial charge in [0.15, 0.2) is 47.6 Å². The minimum atomic E-state index is -3.79. The van der Waals surface area contributed by atoms with E-state index in [-0.39, 0.29) is 82.1 Å². The van der Waals surface area contributed by atoms with E-state index in [0.29, 0.717) is 32.1 Å². The zero-order chi connectivity index (χ0) is 91.8. The smallest absolute Gasteiger partial charge is 0.408 e. The Kier molecular flexibility index (Phi) is 31.2. The van der Waals surface area contributed by atoms with Crippen LogP contribution >= 0.6 is 23.2 Å². The molecule has 6 aromatic rings. The number of aromatic hydroxyl groups is 3. The fraction of sp³-hybridized carbons (Fsp3) is 0.494. The fourth-order valence-corrected chi connectivity index (χ4v) is 18.5. The molecular formula is C89H108Cl2N8O27S. The van der Waals surface area contributed by atoms with Crippen LogP contribution < -0.4 is 56.6 Å². The molecule has 0 saturated carbocycles. The van der Waals surface area contributed by atoms with Crippen LogP contribution in [-0.2, 0) is 80.3 Å². The lowest BCUT2D eigenvalue weighted by atomic mass is 9.84. The summed E-state index contributed by atoms with van der Waals surface area (Å²) < 4.78 is 73.8. The highest BCUT2D eigenvalue weighted by Crippen LogP contribution is 2.52. The molecule has 686 valence electrons. The predicted octanol–water partition coefficient (Wildman–Crippen LogP) is 8.06. The zero-order valence-corrected chi connectivity index (χ0v) is 73.0. The third kappa shape index (κ3) is 22.2. The van der Waals surface area contributed by atoms with E-state index in [2.05, 4.69) is 43.5 Å². The van der Waals surface area contributed by atoms with E-state index in [1.807, 2.05) is 26.0 Å². The molecule has 0 radical (unpaired) electrons. The number of aliphatic hydroxyl groups excluding tert-OH is 5. The van der Waals surface area contributed by atoms with Crippen LogP contribution in [0.25, 0.3) is 11.1 Å². The molecule has 0 aliphatic carbocycles. The lowest BCUT2D eigenvalue weighted by molar-refractivity contribution is -0.332. The lowest BCUT2D eigenvalue weighted by Crippen LogP contribution is -2.63. The minimum absolute atomic E-state index is 0.0361. The average Bonchev–Trinajstić information content (AvgIpc) is 1.70. The Bertz CT molecular complexity index is 5220. The number of nitrogens with one attached hydrogen (secondary N) is 7. The number of carbonyl (C=O) groups excluding carboxylic acids is 8. The first-order valence-electron chi connectivity index (χ1n) is 42.5. The van der Waals surface area contributed by atoms with Gasteiger partial charge in [-0.2, -0.15) is 0 Å². The Hall–Kier alpha value is -10.3. The van der Waals surface area contributed by atoms with Gasteiger partial charge in [0.1, 0.15) is 77.4 Å². The summed E-state index contributed by atoms with van der Waals surface area (Å²) in [5.41, 5.74) is 2.91. The number of amides is 6. The third-order valence-electron chi connectivity index (χ3n) is 23.9. The van der Waals surface area contributed by atoms with Gasteiger partial charge in [-0.25, -0.2) is 22.7 Å². The van der Waals surface area contributed by atoms with Crippen molar-refractivity contribution in [1.82, 2.24) is 36.6 Å². The molecule has 6 amide bonds. The van der Waals surface area contributed by atoms with Gasteiger partial charge in [-0.1, -0.05) is 113 Å². The van der Waals surface area contributed by atoms with Gasteiger partial charge in [0, 0.05) is 61.4 Å². The standard InChI is InChI=1S/C89H108Cl2N8O27S/c1-7-9-10-13-16-44-17-22-51(23-18-44)127(118,119)94-28-15-12-11-14-27-93-40-55-59(102)38-54-69(76(55)108)53-30-46(19-24-58(53)101)52-37-61(104)70-49-34-64(121-62-25-20-47(31-56(62)90)74(106)72(97-82(111)45(8-2)29-42(3)4)60(103)33-50(36-67(92)105)83(112)95-70)79(65(35-49)122-63-26-21-48(32-57(63)91)75(107)73(98-84(52)113)85(114)96-71(54)86(115)116)125-87-80(78(110)77(109)66(41-100)123-87)124-68-39-89(6)81(43(5)120-68)126-88(117)99-89/h17-26,30-32,34-35,38,42-43,45,50,52,66,68,70-75,77-78,80-81,87,93-94,100-102,106-110H,7-16,27-29,33,36-37,39-41H2,1-6H3,(H2,92,105)(H,95,112)(H,96,114)(H,97,111)(H,98,113)(H,99,117)(H,115,116)/t43-,45+,50-,52+,66+,68-,70+,71-,72-,73-,74+,75+,77+,78-,80+,81+,87-,89-/m0/s1. The van der Waals surface area contributed by atoms with Crippen LogP contribution in [0.1, 0.15) is 201 Å². The molecule has 3 saturated heterocycles. The van der Waals surface area contributed by atoms with Crippen LogP contribution in [0.3, 0.4) is 0 Å². The van der Waals surface area contributed by atoms with Crippen LogP contribution in [0.2, 0.25) is 10.0 Å². The van der Waals surface area contributed by atoms with Crippen LogP contribution in [0, 0.1) is 17.8 Å². The van der Waals surface area contributed by atoms with Crippen molar-refractivity contribution < 1.29 is 131 Å². The Morgan fingerprint density at radius 1 is 0.709 bits per heavy atom. The second kappa shape index (κ2) is 41.4. The molecule has 3 fully saturated rings. The summed E-state index contributed by atoms with van der Waals surface area (Å²) in [4.78, 5) is 133. The number of hydrogen-bond acceptors (Lipinski definition) is 27. The van der Waals surface area contributed by atoms with Gasteiger partial charge >= 0.3 is 12.1 Å². The van der Waals surface area contributed by atoms with Crippen molar-refractivity contribution in [2.45, 2.75) is 246 Å². The molecule has 18 N–H and O–H groups in total. The van der Waals surface area contributed by atoms with Gasteiger partial charge in [-0.3, -0.25) is 33.6 Å². The number of ketones is 2. The molecule has 0 unspecified atom stereocenters. The van der Waals surface area contributed by atoms with E-state index < -0.39 is 260 Å². The number of rotatable bonds is 29. The van der Waals surface area contributed by atoms with Gasteiger partial charge in [0.05, 0.1) is 50.6 Å². The summed E-state index contributed by atoms with van der Waals surface area (Å²) in [7, 11) is -3.79. The number of carboxylic acids is 1. The summed E-state index contributed by atoms with van der Waals surface area (Å²) in [6, 6.07) is 11.5. The van der Waals surface area contributed by atoms with Crippen molar-refractivity contribution in [1.29, 1.82) is 0 Å². The number of hydrogen-bond donors (Lipinski definition) is 17. The summed E-state index contributed by atoms with van der Waals surface area (Å²) in [5.74, 6) is -19.4. The SMILES string of the molecule is CCCCCCc1ccc(S(=O)(=O)NCCCCCCNCc2c(O)cc3c(c2O)-c2cc(ccc2O)[C@H]2CC(=O)[C@@H]4NC(=O)[C@H](CC(N)=O)CC(=O)[C@H](NC(=O)[C@H](CC)CC(C)C)[C@H](O)c5ccc(c(Cl)c5)Oc5cc4cc(c5O[C@@H]4O[C@H](CO)[C@@H](O)[C@H](O)[C@H]4O[C@H]4C[C@]5(C)NC(=O)O[C@@H]5[C@H](C)O4)Oc4ccc(cc4Cl)[C@@H](O)[C@H](NC2=O)C(=O)N[C@@H]3C(=O)O)cc1. The number of carbonyl (C=O) groups is 9. The predicted molar refractivity (Wildman–Crippen MR) is 456 cm³/mol. The van der Waals surface area contributed by atoms with Gasteiger partial charge < -0.3 is 117 Å². The maximum Gasteiger partial charge on any atom is 0.408 e. The molecule has 0 aromatic heterocycles. The fourth-order valence-electron chi connectivity index (χ4n) is 17.0. The summed E-state index contributed by atoms with van der Waals surface area (Å²) in [6.45, 7) is 9.95. The number of benzene rings is 6. The number of phenols is 3. The Balaban J connectivity index is 0.970. The second-order valence-electron chi connectivity index (χ2n) is 33.7. The number of aliphatic hydroxyl groups is 5. The van der Waals surface area contributed by atoms with Gasteiger partial charge in [-0.15, -0.1) is 0 Å². The van der Waals surface area contributed by atoms with Crippen molar-refractivity contribution in [3.63, 3.8) is 0 Å². The number of sulfonamides is 1. The number of fused-ring (bicyclic) bond motifs is 16. The van der Waals surface area contributed by atoms with Crippen molar-refractivity contribution in [3.8, 4) is 57.1 Å². The summed E-state index contributed by atoms with van der Waals surface area (Å²) in [6.07, 6.45) is -13.0. The molecule has 8 aliphatic rings. The number of phenolic OH excluding ortho intramolecular Hbond substituents is 3. The summed E-state index contributed by atoms with van der Waals surface area (Å²) in [5, 5.41) is 123. The van der Waals surface area contributed by atoms with Gasteiger partial charge in [0.2, 0.25) is 51.6 Å². The molecule has 11 bridgehead atoms. The Morgan fingerprint density at radius 2 is 1.36 bits per heavy atom. The van der Waals surface area contributed by atoms with E-state index in [0.717, 1.165) is 86.2 Å². The first kappa shape index (κ1) is 95.8. The third-order valence-corrected chi connectivity index (χ3v) is 25.9. The lowest BCUT2D eigenvalue weighted by Gasteiger charge is -2.46. The first-order chi connectivity index (χ1) is 60.4. The molecule has 14 rings (SSSR count). The van der Waals surface area contributed by atoms with E-state index >= 15 is 24.0 Å². The molecule has 35 nitrogen and oxygen atoms in total. The van der Waals surface area contributed by atoms with Crippen molar-refractivity contribution in [2.24, 2.45) is 23.5 Å². The number of aryl methyl sites for hydroxylation is 1. The largest absolute Gasteiger partial charge is 0.507 e. The van der Waals surface area contributed by atoms with Crippen LogP contribution in [-0.4, -0.2) is 194 Å². The number of primary amides is 1. The normalized spacial score (nSPS) is 26.4. The molecule has 6 aromatic carbocycles. The first-order valence-corrected chi connectivity index (χ1v) is 44.7. The topological polar surface area (TPSA) is 545 Å². The minimum Gasteiger partial charge on any atom is -0.507 e. The molecule has 127 heavy (non-hydrogen) atoms. The van der Waals surface area contributed by atoms with Crippen molar-refractivity contribution in [3.05, 3.63) is 146 Å². The molecule has 38 heteroatoms. The quantitative estimate of drug-likeness (QED) is 0.0197. The van der Waals surface area contributed by atoms with Gasteiger partial charge in [0.25, 0.3) is 0 Å². The Morgan fingerprint density at radius 3 is 1.99 bits per heavy atom. The number of aliphatic carboxylic acids is 1. The van der Waals surface area contributed by atoms with Gasteiger partial charge in [-0.05, 0) is 159 Å². The van der Waals surface area contributed by atoms with E-state index in [4.69, 9.17) is 62.1 Å². The highest BCUT2D eigenvalue weighted by atomic mass is 35.5. The monoisotopic (exact) mass is 1820 g/mol. The number of halogens is 2. The number of alkyl carbamates (subject to hydrolysis) is 1. The number of nitrogens with two attached hydrogens (primary N) is 1. The average molecular weight is 1820 g/mol. The molecular weight excluding hydrogens is 1720 g/mol. The maximum absolute atomic E-state index is 16.5. The van der Waals surface area contributed by atoms with E-state index in [9.17, 15) is 73.6 Å². The molecule has 0 spiro atoms. The second-order valence-corrected chi connectivity index (χ2v) is 36.3. The number of Topliss-reactive ketones (excluding diaryl/α,β-unsaturated/α-hetero) is 2. The van der Waals surface area contributed by atoms with Crippen molar-refractivity contribution in [2.75, 3.05) is 19.7 Å². The van der Waals surface area contributed by atoms with Crippen LogP contribution in [0.4, 0.5) is 4.79 Å².